The monoisotopic (exact) mass is 469 g/mol. The van der Waals surface area contributed by atoms with Crippen molar-refractivity contribution in [3.63, 3.8) is 0 Å². The second-order valence-electron chi connectivity index (χ2n) is 9.01. The van der Waals surface area contributed by atoms with Crippen LogP contribution in [0.3, 0.4) is 0 Å². The second kappa shape index (κ2) is 10.9. The maximum Gasteiger partial charge on any atom is 0.142 e. The maximum absolute atomic E-state index is 10.7. The van der Waals surface area contributed by atoms with E-state index in [0.717, 1.165) is 31.6 Å². The molecule has 6 heteroatoms. The molecule has 1 aliphatic rings. The molecule has 0 bridgehead atoms. The first-order valence-electron chi connectivity index (χ1n) is 12.1. The molecule has 1 aromatic heterocycles. The van der Waals surface area contributed by atoms with Gasteiger partial charge < -0.3 is 14.9 Å². The van der Waals surface area contributed by atoms with E-state index in [1.165, 1.54) is 11.1 Å². The lowest BCUT2D eigenvalue weighted by molar-refractivity contribution is 0.0404. The van der Waals surface area contributed by atoms with E-state index in [1.807, 2.05) is 12.1 Å². The SMILES string of the molecule is Oc1ccc(OCC(O)CN2CCN(C(c3ccccc3)c3ccccc3)CC2)c2cccnc12. The highest BCUT2D eigenvalue weighted by Crippen LogP contribution is 2.31. The molecule has 0 radical (unpaired) electrons. The molecule has 1 saturated heterocycles. The number of ether oxygens (including phenoxy) is 1. The second-order valence-corrected chi connectivity index (χ2v) is 9.01. The first-order valence-corrected chi connectivity index (χ1v) is 12.1. The van der Waals surface area contributed by atoms with Crippen LogP contribution in [0.4, 0.5) is 0 Å². The predicted octanol–water partition coefficient (Wildman–Crippen LogP) is 4.09. The summed E-state index contributed by atoms with van der Waals surface area (Å²) in [6, 6.07) is 28.5. The molecule has 4 aromatic rings. The van der Waals surface area contributed by atoms with Crippen molar-refractivity contribution < 1.29 is 14.9 Å². The number of piperazine rings is 1. The Labute approximate surface area is 206 Å². The molecule has 35 heavy (non-hydrogen) atoms. The van der Waals surface area contributed by atoms with Crippen molar-refractivity contribution in [2.75, 3.05) is 39.3 Å². The lowest BCUT2D eigenvalue weighted by atomic mass is 9.96. The van der Waals surface area contributed by atoms with E-state index in [0.29, 0.717) is 17.8 Å². The standard InChI is InChI=1S/C29H31N3O3/c33-24(21-35-27-14-13-26(34)28-25(27)12-7-15-30-28)20-31-16-18-32(19-17-31)29(22-8-3-1-4-9-22)23-10-5-2-6-11-23/h1-15,24,29,33-34H,16-21H2. The average molecular weight is 470 g/mol. The Morgan fingerprint density at radius 3 is 2.11 bits per heavy atom. The quantitative estimate of drug-likeness (QED) is 0.405. The number of hydrogen-bond acceptors (Lipinski definition) is 6. The number of nitrogens with zero attached hydrogens (tertiary/aromatic N) is 3. The number of benzene rings is 3. The van der Waals surface area contributed by atoms with E-state index in [1.54, 1.807) is 18.3 Å². The Kier molecular flexibility index (Phi) is 7.23. The zero-order chi connectivity index (χ0) is 24.0. The van der Waals surface area contributed by atoms with Crippen LogP contribution in [0.25, 0.3) is 10.9 Å². The van der Waals surface area contributed by atoms with Crippen LogP contribution in [-0.2, 0) is 0 Å². The van der Waals surface area contributed by atoms with E-state index in [9.17, 15) is 10.2 Å². The van der Waals surface area contributed by atoms with Crippen molar-refractivity contribution >= 4 is 10.9 Å². The molecule has 6 nitrogen and oxygen atoms in total. The van der Waals surface area contributed by atoms with Gasteiger partial charge in [-0.1, -0.05) is 60.7 Å². The highest BCUT2D eigenvalue weighted by atomic mass is 16.5. The van der Waals surface area contributed by atoms with Gasteiger partial charge in [0.1, 0.15) is 29.7 Å². The molecule has 1 atom stereocenters. The third-order valence-electron chi connectivity index (χ3n) is 6.61. The minimum Gasteiger partial charge on any atom is -0.506 e. The van der Waals surface area contributed by atoms with Crippen LogP contribution in [-0.4, -0.2) is 70.4 Å². The zero-order valence-corrected chi connectivity index (χ0v) is 19.7. The fourth-order valence-corrected chi connectivity index (χ4v) is 4.88. The Morgan fingerprint density at radius 2 is 1.46 bits per heavy atom. The van der Waals surface area contributed by atoms with Crippen LogP contribution in [0.5, 0.6) is 11.5 Å². The molecule has 5 rings (SSSR count). The highest BCUT2D eigenvalue weighted by molar-refractivity contribution is 5.89. The maximum atomic E-state index is 10.7. The van der Waals surface area contributed by atoms with E-state index >= 15 is 0 Å². The molecule has 2 heterocycles. The summed E-state index contributed by atoms with van der Waals surface area (Å²) in [6.07, 6.45) is 1.03. The summed E-state index contributed by atoms with van der Waals surface area (Å²) in [7, 11) is 0. The summed E-state index contributed by atoms with van der Waals surface area (Å²) in [6.45, 7) is 4.38. The number of β-amino-alcohol motifs (C(OH)–C–C–N with tert-alkyl or cyclic N) is 1. The average Bonchev–Trinajstić information content (AvgIpc) is 2.91. The predicted molar refractivity (Wildman–Crippen MR) is 138 cm³/mol. The highest BCUT2D eigenvalue weighted by Gasteiger charge is 2.27. The van der Waals surface area contributed by atoms with E-state index < -0.39 is 6.10 Å². The largest absolute Gasteiger partial charge is 0.506 e. The van der Waals surface area contributed by atoms with Crippen LogP contribution in [0.15, 0.2) is 91.1 Å². The molecule has 0 saturated carbocycles. The van der Waals surface area contributed by atoms with Gasteiger partial charge in [0.25, 0.3) is 0 Å². The number of phenolic OH excluding ortho intramolecular Hbond substituents is 1. The van der Waals surface area contributed by atoms with E-state index in [2.05, 4.69) is 75.4 Å². The summed E-state index contributed by atoms with van der Waals surface area (Å²) >= 11 is 0. The normalized spacial score (nSPS) is 15.9. The van der Waals surface area contributed by atoms with Gasteiger partial charge >= 0.3 is 0 Å². The lowest BCUT2D eigenvalue weighted by Crippen LogP contribution is -2.50. The van der Waals surface area contributed by atoms with Crippen molar-refractivity contribution in [1.29, 1.82) is 0 Å². The summed E-state index contributed by atoms with van der Waals surface area (Å²) in [5.74, 6) is 0.735. The number of pyridine rings is 1. The number of aromatic hydroxyl groups is 1. The number of aliphatic hydroxyl groups is 1. The summed E-state index contributed by atoms with van der Waals surface area (Å²) < 4.78 is 5.91. The Bertz CT molecular complexity index is 1190. The van der Waals surface area contributed by atoms with Crippen molar-refractivity contribution in [3.05, 3.63) is 102 Å². The minimum atomic E-state index is -0.610. The van der Waals surface area contributed by atoms with E-state index in [-0.39, 0.29) is 18.4 Å². The van der Waals surface area contributed by atoms with Crippen LogP contribution >= 0.6 is 0 Å². The number of hydrogen-bond donors (Lipinski definition) is 2. The summed E-state index contributed by atoms with van der Waals surface area (Å²) in [5.41, 5.74) is 3.11. The fraction of sp³-hybridized carbons (Fsp3) is 0.276. The van der Waals surface area contributed by atoms with Gasteiger partial charge in [-0.3, -0.25) is 14.8 Å². The lowest BCUT2D eigenvalue weighted by Gasteiger charge is -2.40. The van der Waals surface area contributed by atoms with Gasteiger partial charge in [-0.15, -0.1) is 0 Å². The molecular formula is C29H31N3O3. The Balaban J connectivity index is 1.18. The molecule has 1 aliphatic heterocycles. The van der Waals surface area contributed by atoms with Crippen LogP contribution in [0.2, 0.25) is 0 Å². The Morgan fingerprint density at radius 1 is 0.800 bits per heavy atom. The van der Waals surface area contributed by atoms with Gasteiger partial charge in [0.15, 0.2) is 0 Å². The molecule has 0 spiro atoms. The third kappa shape index (κ3) is 5.46. The molecule has 2 N–H and O–H groups in total. The smallest absolute Gasteiger partial charge is 0.142 e. The van der Waals surface area contributed by atoms with Crippen LogP contribution in [0, 0.1) is 0 Å². The zero-order valence-electron chi connectivity index (χ0n) is 19.7. The Hall–Kier alpha value is -3.45. The topological polar surface area (TPSA) is 69.1 Å². The number of rotatable bonds is 8. The van der Waals surface area contributed by atoms with Gasteiger partial charge in [-0.05, 0) is 35.4 Å². The molecular weight excluding hydrogens is 438 g/mol. The molecule has 3 aromatic carbocycles. The first-order chi connectivity index (χ1) is 17.2. The van der Waals surface area contributed by atoms with Gasteiger partial charge in [0.05, 0.1) is 6.04 Å². The number of phenols is 1. The van der Waals surface area contributed by atoms with Gasteiger partial charge in [0, 0.05) is 44.3 Å². The first kappa shape index (κ1) is 23.3. The van der Waals surface area contributed by atoms with Crippen molar-refractivity contribution in [2.45, 2.75) is 12.1 Å². The van der Waals surface area contributed by atoms with Crippen molar-refractivity contribution in [3.8, 4) is 11.5 Å². The molecule has 0 amide bonds. The van der Waals surface area contributed by atoms with E-state index in [4.69, 9.17) is 4.74 Å². The number of aliphatic hydroxyl groups excluding tert-OH is 1. The molecule has 180 valence electrons. The fourth-order valence-electron chi connectivity index (χ4n) is 4.88. The molecule has 1 unspecified atom stereocenters. The van der Waals surface area contributed by atoms with Gasteiger partial charge in [-0.2, -0.15) is 0 Å². The minimum absolute atomic E-state index is 0.121. The van der Waals surface area contributed by atoms with Crippen molar-refractivity contribution in [1.82, 2.24) is 14.8 Å². The van der Waals surface area contributed by atoms with Crippen molar-refractivity contribution in [2.24, 2.45) is 0 Å². The number of fused-ring (bicyclic) bond motifs is 1. The van der Waals surface area contributed by atoms with Crippen LogP contribution in [0.1, 0.15) is 17.2 Å². The summed E-state index contributed by atoms with van der Waals surface area (Å²) in [5, 5.41) is 21.4. The van der Waals surface area contributed by atoms with Crippen LogP contribution < -0.4 is 4.74 Å². The van der Waals surface area contributed by atoms with Gasteiger partial charge in [0.2, 0.25) is 0 Å². The summed E-state index contributed by atoms with van der Waals surface area (Å²) in [4.78, 5) is 9.05. The molecule has 0 aliphatic carbocycles. The third-order valence-corrected chi connectivity index (χ3v) is 6.61. The van der Waals surface area contributed by atoms with Gasteiger partial charge in [-0.25, -0.2) is 0 Å². The number of aromatic nitrogens is 1. The molecule has 1 fully saturated rings.